The molecule has 2 heterocycles. The standard InChI is InChI=1S/C22H20N4OS2/c1-26-13-12-23-20(26)19-18(16-6-4-3-5-7-16)24-22(29-19)25-21(27)17-10-8-15(9-11-17)14-28-2/h3-13H,14H2,1-2H3,(H,24,25,27). The Hall–Kier alpha value is -2.90. The Morgan fingerprint density at radius 2 is 1.90 bits per heavy atom. The third-order valence-corrected chi connectivity index (χ3v) is 6.04. The van der Waals surface area contributed by atoms with Gasteiger partial charge in [-0.3, -0.25) is 10.1 Å². The Morgan fingerprint density at radius 3 is 2.55 bits per heavy atom. The van der Waals surface area contributed by atoms with Crippen LogP contribution in [0.4, 0.5) is 5.13 Å². The molecule has 2 aromatic carbocycles. The van der Waals surface area contributed by atoms with E-state index in [1.165, 1.54) is 16.9 Å². The molecule has 0 aliphatic heterocycles. The Balaban J connectivity index is 1.65. The number of imidazole rings is 1. The molecule has 0 aliphatic carbocycles. The highest BCUT2D eigenvalue weighted by Crippen LogP contribution is 2.38. The van der Waals surface area contributed by atoms with Gasteiger partial charge in [0, 0.05) is 36.3 Å². The molecule has 4 aromatic rings. The summed E-state index contributed by atoms with van der Waals surface area (Å²) in [5.41, 5.74) is 3.62. The van der Waals surface area contributed by atoms with Crippen molar-refractivity contribution in [2.24, 2.45) is 7.05 Å². The lowest BCUT2D eigenvalue weighted by Gasteiger charge is -2.03. The van der Waals surface area contributed by atoms with Gasteiger partial charge in [-0.25, -0.2) is 9.97 Å². The third kappa shape index (κ3) is 4.26. The number of thioether (sulfide) groups is 1. The van der Waals surface area contributed by atoms with Gasteiger partial charge in [0.25, 0.3) is 5.91 Å². The van der Waals surface area contributed by atoms with Gasteiger partial charge in [-0.15, -0.1) is 0 Å². The maximum Gasteiger partial charge on any atom is 0.257 e. The van der Waals surface area contributed by atoms with Crippen molar-refractivity contribution < 1.29 is 4.79 Å². The van der Waals surface area contributed by atoms with Crippen molar-refractivity contribution in [2.75, 3.05) is 11.6 Å². The summed E-state index contributed by atoms with van der Waals surface area (Å²) in [5.74, 6) is 1.59. The monoisotopic (exact) mass is 420 g/mol. The van der Waals surface area contributed by atoms with Crippen molar-refractivity contribution in [3.63, 3.8) is 0 Å². The smallest absolute Gasteiger partial charge is 0.257 e. The molecule has 29 heavy (non-hydrogen) atoms. The van der Waals surface area contributed by atoms with Crippen molar-refractivity contribution in [1.82, 2.24) is 14.5 Å². The summed E-state index contributed by atoms with van der Waals surface area (Å²) in [6.07, 6.45) is 5.73. The van der Waals surface area contributed by atoms with E-state index in [4.69, 9.17) is 4.98 Å². The number of carbonyl (C=O) groups excluding carboxylic acids is 1. The minimum atomic E-state index is -0.166. The van der Waals surface area contributed by atoms with Crippen molar-refractivity contribution in [3.05, 3.63) is 78.1 Å². The van der Waals surface area contributed by atoms with Gasteiger partial charge in [-0.1, -0.05) is 53.8 Å². The number of nitrogens with zero attached hydrogens (tertiary/aromatic N) is 3. The highest BCUT2D eigenvalue weighted by molar-refractivity contribution is 7.97. The molecule has 0 bridgehead atoms. The number of nitrogens with one attached hydrogen (secondary N) is 1. The predicted molar refractivity (Wildman–Crippen MR) is 121 cm³/mol. The van der Waals surface area contributed by atoms with E-state index in [0.29, 0.717) is 10.7 Å². The lowest BCUT2D eigenvalue weighted by molar-refractivity contribution is 0.102. The molecule has 146 valence electrons. The summed E-state index contributed by atoms with van der Waals surface area (Å²) in [5, 5.41) is 3.50. The fourth-order valence-corrected chi connectivity index (χ4v) is 4.54. The molecule has 0 fully saturated rings. The van der Waals surface area contributed by atoms with Gasteiger partial charge in [0.1, 0.15) is 0 Å². The zero-order valence-corrected chi connectivity index (χ0v) is 17.8. The lowest BCUT2D eigenvalue weighted by Crippen LogP contribution is -2.11. The number of hydrogen-bond donors (Lipinski definition) is 1. The van der Waals surface area contributed by atoms with Crippen molar-refractivity contribution in [3.8, 4) is 22.0 Å². The molecule has 7 heteroatoms. The number of amides is 1. The van der Waals surface area contributed by atoms with Crippen LogP contribution in [0.2, 0.25) is 0 Å². The third-order valence-electron chi connectivity index (χ3n) is 4.45. The summed E-state index contributed by atoms with van der Waals surface area (Å²) in [6, 6.07) is 17.6. The van der Waals surface area contributed by atoms with E-state index in [-0.39, 0.29) is 5.91 Å². The van der Waals surface area contributed by atoms with Crippen LogP contribution >= 0.6 is 23.1 Å². The van der Waals surface area contributed by atoms with E-state index in [2.05, 4.69) is 16.6 Å². The first-order valence-corrected chi connectivity index (χ1v) is 11.3. The van der Waals surface area contributed by atoms with Crippen molar-refractivity contribution in [1.29, 1.82) is 0 Å². The summed E-state index contributed by atoms with van der Waals surface area (Å²) in [4.78, 5) is 22.8. The summed E-state index contributed by atoms with van der Waals surface area (Å²) in [7, 11) is 1.95. The number of hydrogen-bond acceptors (Lipinski definition) is 5. The van der Waals surface area contributed by atoms with E-state index in [0.717, 1.165) is 27.7 Å². The fourth-order valence-electron chi connectivity index (χ4n) is 2.99. The highest BCUT2D eigenvalue weighted by atomic mass is 32.2. The van der Waals surface area contributed by atoms with E-state index in [1.807, 2.05) is 72.4 Å². The quantitative estimate of drug-likeness (QED) is 0.458. The van der Waals surface area contributed by atoms with E-state index >= 15 is 0 Å². The molecule has 5 nitrogen and oxygen atoms in total. The Labute approximate surface area is 177 Å². The van der Waals surface area contributed by atoms with Gasteiger partial charge in [0.05, 0.1) is 10.6 Å². The zero-order chi connectivity index (χ0) is 20.2. The Bertz CT molecular complexity index is 1120. The van der Waals surface area contributed by atoms with Crippen molar-refractivity contribution in [2.45, 2.75) is 5.75 Å². The maximum absolute atomic E-state index is 12.7. The zero-order valence-electron chi connectivity index (χ0n) is 16.1. The first-order chi connectivity index (χ1) is 14.2. The molecular formula is C22H20N4OS2. The first-order valence-electron chi connectivity index (χ1n) is 9.09. The van der Waals surface area contributed by atoms with Crippen molar-refractivity contribution >= 4 is 34.1 Å². The van der Waals surface area contributed by atoms with Crippen LogP contribution in [0.3, 0.4) is 0 Å². The Morgan fingerprint density at radius 1 is 1.14 bits per heavy atom. The van der Waals surface area contributed by atoms with Crippen LogP contribution in [0.25, 0.3) is 22.0 Å². The van der Waals surface area contributed by atoms with Crippen LogP contribution < -0.4 is 5.32 Å². The molecule has 1 amide bonds. The topological polar surface area (TPSA) is 59.8 Å². The van der Waals surface area contributed by atoms with Gasteiger partial charge in [-0.05, 0) is 24.0 Å². The van der Waals surface area contributed by atoms with Crippen LogP contribution in [0.5, 0.6) is 0 Å². The lowest BCUT2D eigenvalue weighted by atomic mass is 10.1. The normalized spacial score (nSPS) is 10.8. The van der Waals surface area contributed by atoms with Crippen LogP contribution in [0.15, 0.2) is 67.0 Å². The number of rotatable bonds is 6. The van der Waals surface area contributed by atoms with Crippen LogP contribution in [-0.2, 0) is 12.8 Å². The number of benzene rings is 2. The maximum atomic E-state index is 12.7. The molecule has 2 aromatic heterocycles. The summed E-state index contributed by atoms with van der Waals surface area (Å²) < 4.78 is 1.95. The average Bonchev–Trinajstić information content (AvgIpc) is 3.35. The fraction of sp³-hybridized carbons (Fsp3) is 0.136. The summed E-state index contributed by atoms with van der Waals surface area (Å²) >= 11 is 3.19. The van der Waals surface area contributed by atoms with E-state index in [1.54, 1.807) is 18.0 Å². The number of aromatic nitrogens is 3. The van der Waals surface area contributed by atoms with Crippen LogP contribution in [0, 0.1) is 0 Å². The number of thiazole rings is 1. The minimum absolute atomic E-state index is 0.166. The molecule has 0 aliphatic rings. The first kappa shape index (κ1) is 19.4. The largest absolute Gasteiger partial charge is 0.333 e. The second-order valence-corrected chi connectivity index (χ2v) is 8.37. The molecule has 0 atom stereocenters. The summed E-state index contributed by atoms with van der Waals surface area (Å²) in [6.45, 7) is 0. The van der Waals surface area contributed by atoms with Gasteiger partial charge >= 0.3 is 0 Å². The van der Waals surface area contributed by atoms with Crippen LogP contribution in [0.1, 0.15) is 15.9 Å². The van der Waals surface area contributed by atoms with E-state index < -0.39 is 0 Å². The highest BCUT2D eigenvalue weighted by Gasteiger charge is 2.19. The number of anilines is 1. The molecule has 0 saturated heterocycles. The average molecular weight is 421 g/mol. The second-order valence-electron chi connectivity index (χ2n) is 6.51. The molecule has 4 rings (SSSR count). The molecule has 0 spiro atoms. The van der Waals surface area contributed by atoms with E-state index in [9.17, 15) is 4.79 Å². The van der Waals surface area contributed by atoms with Gasteiger partial charge in [0.15, 0.2) is 11.0 Å². The van der Waals surface area contributed by atoms with Gasteiger partial charge in [-0.2, -0.15) is 11.8 Å². The Kier molecular flexibility index (Phi) is 5.78. The van der Waals surface area contributed by atoms with Crippen LogP contribution in [-0.4, -0.2) is 26.7 Å². The molecule has 0 saturated carbocycles. The molecule has 0 radical (unpaired) electrons. The molecule has 1 N–H and O–H groups in total. The predicted octanol–water partition coefficient (Wildman–Crippen LogP) is 5.33. The van der Waals surface area contributed by atoms with Gasteiger partial charge in [0.2, 0.25) is 0 Å². The SMILES string of the molecule is CSCc1ccc(C(=O)Nc2nc(-c3ccccc3)c(-c3nccn3C)s2)cc1. The van der Waals surface area contributed by atoms with Gasteiger partial charge < -0.3 is 4.57 Å². The minimum Gasteiger partial charge on any atom is -0.333 e. The molecular weight excluding hydrogens is 400 g/mol. The molecule has 0 unspecified atom stereocenters. The number of aryl methyl sites for hydroxylation is 1. The second kappa shape index (κ2) is 8.63. The number of carbonyl (C=O) groups is 1.